The molecule has 1 heterocycles. The topological polar surface area (TPSA) is 59.2 Å². The van der Waals surface area contributed by atoms with Gasteiger partial charge in [-0.1, -0.05) is 19.9 Å². The zero-order valence-electron chi connectivity index (χ0n) is 13.8. The van der Waals surface area contributed by atoms with E-state index >= 15 is 0 Å². The summed E-state index contributed by atoms with van der Waals surface area (Å²) in [6, 6.07) is 5.92. The number of rotatable bonds is 8. The molecule has 0 spiro atoms. The first kappa shape index (κ1) is 17.6. The van der Waals surface area contributed by atoms with Crippen molar-refractivity contribution >= 4 is 5.91 Å². The number of carbonyl (C=O) groups is 1. The molecular formula is C17H29N3O. The lowest BCUT2D eigenvalue weighted by Crippen LogP contribution is -2.33. The molecule has 1 unspecified atom stereocenters. The van der Waals surface area contributed by atoms with Crippen LogP contribution in [-0.2, 0) is 11.3 Å². The van der Waals surface area contributed by atoms with Crippen molar-refractivity contribution in [2.45, 2.75) is 47.1 Å². The highest BCUT2D eigenvalue weighted by Crippen LogP contribution is 2.16. The molecule has 0 saturated carbocycles. The van der Waals surface area contributed by atoms with E-state index in [1.807, 2.05) is 36.9 Å². The van der Waals surface area contributed by atoms with Crippen LogP contribution in [0, 0.1) is 18.8 Å². The molecule has 1 aromatic heterocycles. The second kappa shape index (κ2) is 8.78. The maximum atomic E-state index is 12.5. The van der Waals surface area contributed by atoms with Crippen molar-refractivity contribution < 1.29 is 4.79 Å². The van der Waals surface area contributed by atoms with E-state index in [0.717, 1.165) is 17.8 Å². The molecule has 21 heavy (non-hydrogen) atoms. The van der Waals surface area contributed by atoms with E-state index in [1.165, 1.54) is 0 Å². The van der Waals surface area contributed by atoms with Crippen molar-refractivity contribution in [2.24, 2.45) is 17.6 Å². The minimum Gasteiger partial charge on any atom is -0.337 e. The Morgan fingerprint density at radius 2 is 2.10 bits per heavy atom. The molecule has 1 aromatic rings. The third kappa shape index (κ3) is 6.25. The summed E-state index contributed by atoms with van der Waals surface area (Å²) in [7, 11) is 0. The first-order valence-electron chi connectivity index (χ1n) is 7.86. The number of nitrogens with zero attached hydrogens (tertiary/aromatic N) is 2. The molecular weight excluding hydrogens is 262 g/mol. The van der Waals surface area contributed by atoms with E-state index in [4.69, 9.17) is 5.73 Å². The fraction of sp³-hybridized carbons (Fsp3) is 0.647. The minimum atomic E-state index is 0.178. The minimum absolute atomic E-state index is 0.178. The van der Waals surface area contributed by atoms with Gasteiger partial charge in [-0.15, -0.1) is 0 Å². The van der Waals surface area contributed by atoms with E-state index in [-0.39, 0.29) is 11.8 Å². The van der Waals surface area contributed by atoms with Gasteiger partial charge in [0, 0.05) is 18.7 Å². The Bertz CT molecular complexity index is 445. The summed E-state index contributed by atoms with van der Waals surface area (Å²) >= 11 is 0. The van der Waals surface area contributed by atoms with Gasteiger partial charge in [-0.2, -0.15) is 0 Å². The van der Waals surface area contributed by atoms with Crippen LogP contribution >= 0.6 is 0 Å². The predicted molar refractivity (Wildman–Crippen MR) is 86.7 cm³/mol. The van der Waals surface area contributed by atoms with Crippen LogP contribution in [0.1, 0.15) is 45.0 Å². The van der Waals surface area contributed by atoms with Crippen molar-refractivity contribution in [3.05, 3.63) is 29.6 Å². The molecule has 0 saturated heterocycles. The molecule has 4 nitrogen and oxygen atoms in total. The summed E-state index contributed by atoms with van der Waals surface area (Å²) in [5.41, 5.74) is 7.73. The molecule has 0 fully saturated rings. The van der Waals surface area contributed by atoms with Crippen LogP contribution < -0.4 is 5.73 Å². The van der Waals surface area contributed by atoms with Crippen LogP contribution in [-0.4, -0.2) is 28.9 Å². The van der Waals surface area contributed by atoms with Crippen LogP contribution in [0.3, 0.4) is 0 Å². The number of nitrogens with two attached hydrogens (primary N) is 1. The Morgan fingerprint density at radius 1 is 1.38 bits per heavy atom. The van der Waals surface area contributed by atoms with Gasteiger partial charge in [0.25, 0.3) is 0 Å². The van der Waals surface area contributed by atoms with Crippen LogP contribution in [0.5, 0.6) is 0 Å². The molecule has 0 aliphatic carbocycles. The lowest BCUT2D eigenvalue weighted by molar-refractivity contribution is -0.132. The second-order valence-corrected chi connectivity index (χ2v) is 6.11. The lowest BCUT2D eigenvalue weighted by Gasteiger charge is -2.24. The molecule has 1 rings (SSSR count). The van der Waals surface area contributed by atoms with Gasteiger partial charge in [0.05, 0.1) is 12.2 Å². The average molecular weight is 291 g/mol. The quantitative estimate of drug-likeness (QED) is 0.801. The molecule has 4 heteroatoms. The normalized spacial score (nSPS) is 12.5. The van der Waals surface area contributed by atoms with E-state index in [0.29, 0.717) is 32.0 Å². The Balaban J connectivity index is 2.64. The van der Waals surface area contributed by atoms with E-state index < -0.39 is 0 Å². The highest BCUT2D eigenvalue weighted by molar-refractivity contribution is 5.76. The van der Waals surface area contributed by atoms with Crippen molar-refractivity contribution in [3.8, 4) is 0 Å². The molecule has 0 aliphatic rings. The molecule has 2 N–H and O–H groups in total. The SMILES string of the molecule is CCN(Cc1cccc(C)n1)C(=O)CC(CN)CC(C)C. The molecule has 0 aromatic carbocycles. The Hall–Kier alpha value is -1.42. The Kier molecular flexibility index (Phi) is 7.37. The van der Waals surface area contributed by atoms with Crippen LogP contribution in [0.2, 0.25) is 0 Å². The first-order valence-corrected chi connectivity index (χ1v) is 7.86. The Morgan fingerprint density at radius 3 is 2.62 bits per heavy atom. The smallest absolute Gasteiger partial charge is 0.223 e. The molecule has 1 amide bonds. The van der Waals surface area contributed by atoms with Crippen molar-refractivity contribution in [1.29, 1.82) is 0 Å². The summed E-state index contributed by atoms with van der Waals surface area (Å²) in [5.74, 6) is 1.02. The predicted octanol–water partition coefficient (Wildman–Crippen LogP) is 2.75. The molecule has 0 aliphatic heterocycles. The number of pyridine rings is 1. The van der Waals surface area contributed by atoms with Gasteiger partial charge < -0.3 is 10.6 Å². The van der Waals surface area contributed by atoms with Gasteiger partial charge in [-0.25, -0.2) is 0 Å². The van der Waals surface area contributed by atoms with Gasteiger partial charge in [0.1, 0.15) is 0 Å². The van der Waals surface area contributed by atoms with Crippen LogP contribution in [0.15, 0.2) is 18.2 Å². The van der Waals surface area contributed by atoms with E-state index in [1.54, 1.807) is 0 Å². The van der Waals surface area contributed by atoms with Gasteiger partial charge >= 0.3 is 0 Å². The molecule has 0 bridgehead atoms. The molecule has 1 atom stereocenters. The van der Waals surface area contributed by atoms with Gasteiger partial charge in [-0.3, -0.25) is 9.78 Å². The zero-order chi connectivity index (χ0) is 15.8. The zero-order valence-corrected chi connectivity index (χ0v) is 13.8. The highest BCUT2D eigenvalue weighted by atomic mass is 16.2. The highest BCUT2D eigenvalue weighted by Gasteiger charge is 2.19. The summed E-state index contributed by atoms with van der Waals surface area (Å²) < 4.78 is 0. The van der Waals surface area contributed by atoms with Crippen molar-refractivity contribution in [1.82, 2.24) is 9.88 Å². The van der Waals surface area contributed by atoms with Gasteiger partial charge in [-0.05, 0) is 50.8 Å². The molecule has 0 radical (unpaired) electrons. The van der Waals surface area contributed by atoms with Crippen LogP contribution in [0.25, 0.3) is 0 Å². The standard InChI is InChI=1S/C17H29N3O/c1-5-20(12-16-8-6-7-14(4)19-16)17(21)10-15(11-18)9-13(2)3/h6-8,13,15H,5,9-12,18H2,1-4H3. The number of hydrogen-bond donors (Lipinski definition) is 1. The fourth-order valence-electron chi connectivity index (χ4n) is 2.57. The fourth-order valence-corrected chi connectivity index (χ4v) is 2.57. The number of aromatic nitrogens is 1. The number of hydrogen-bond acceptors (Lipinski definition) is 3. The largest absolute Gasteiger partial charge is 0.337 e. The third-order valence-electron chi connectivity index (χ3n) is 3.63. The van der Waals surface area contributed by atoms with Gasteiger partial charge in [0.2, 0.25) is 5.91 Å². The van der Waals surface area contributed by atoms with E-state index in [9.17, 15) is 4.79 Å². The van der Waals surface area contributed by atoms with Crippen LogP contribution in [0.4, 0.5) is 0 Å². The average Bonchev–Trinajstić information content (AvgIpc) is 2.43. The summed E-state index contributed by atoms with van der Waals surface area (Å²) in [6.07, 6.45) is 1.54. The summed E-state index contributed by atoms with van der Waals surface area (Å²) in [4.78, 5) is 18.8. The third-order valence-corrected chi connectivity index (χ3v) is 3.63. The first-order chi connectivity index (χ1) is 9.96. The van der Waals surface area contributed by atoms with Crippen molar-refractivity contribution in [3.63, 3.8) is 0 Å². The maximum Gasteiger partial charge on any atom is 0.223 e. The number of amides is 1. The Labute approximate surface area is 128 Å². The van der Waals surface area contributed by atoms with E-state index in [2.05, 4.69) is 18.8 Å². The van der Waals surface area contributed by atoms with Crippen molar-refractivity contribution in [2.75, 3.05) is 13.1 Å². The van der Waals surface area contributed by atoms with Gasteiger partial charge in [0.15, 0.2) is 0 Å². The molecule has 118 valence electrons. The summed E-state index contributed by atoms with van der Waals surface area (Å²) in [6.45, 7) is 10.2. The summed E-state index contributed by atoms with van der Waals surface area (Å²) in [5, 5.41) is 0. The monoisotopic (exact) mass is 291 g/mol. The number of carbonyl (C=O) groups excluding carboxylic acids is 1. The lowest BCUT2D eigenvalue weighted by atomic mass is 9.94. The number of aryl methyl sites for hydroxylation is 1. The second-order valence-electron chi connectivity index (χ2n) is 6.11. The maximum absolute atomic E-state index is 12.5.